The Labute approximate surface area is 511 Å². The number of aromatic nitrogens is 2. The van der Waals surface area contributed by atoms with E-state index in [0.717, 1.165) is 111 Å². The van der Waals surface area contributed by atoms with Crippen LogP contribution in [0.1, 0.15) is 0 Å². The molecule has 0 aliphatic carbocycles. The summed E-state index contributed by atoms with van der Waals surface area (Å²) in [5, 5.41) is 9.51. The molecule has 410 valence electrons. The van der Waals surface area contributed by atoms with Gasteiger partial charge in [-0.25, -0.2) is 0 Å². The van der Waals surface area contributed by atoms with Crippen LogP contribution in [0.4, 0.5) is 0 Å². The number of hydrogen-bond donors (Lipinski definition) is 0. The third-order valence-corrected chi connectivity index (χ3v) is 18.1. The Hall–Kier alpha value is -11.6. The lowest BCUT2D eigenvalue weighted by molar-refractivity contribution is 1.18. The molecule has 17 aromatic rings. The Bertz CT molecular complexity index is 4930. The van der Waals surface area contributed by atoms with E-state index < -0.39 is 0 Å². The normalized spacial score (nSPS) is 11.6. The van der Waals surface area contributed by atoms with Crippen LogP contribution in [0.3, 0.4) is 0 Å². The molecule has 0 saturated heterocycles. The van der Waals surface area contributed by atoms with Crippen LogP contribution in [0.5, 0.6) is 0 Å². The Morgan fingerprint density at radius 3 is 0.659 bits per heavy atom. The van der Waals surface area contributed by atoms with Crippen molar-refractivity contribution in [1.29, 1.82) is 0 Å². The van der Waals surface area contributed by atoms with E-state index in [2.05, 4.69) is 349 Å². The minimum Gasteiger partial charge on any atom is -0.309 e. The third kappa shape index (κ3) is 8.41. The third-order valence-electron chi connectivity index (χ3n) is 18.1. The number of para-hydroxylation sites is 4. The molecule has 15 aromatic carbocycles. The molecule has 0 aliphatic heterocycles. The van der Waals surface area contributed by atoms with E-state index in [1.165, 1.54) is 54.9 Å². The fourth-order valence-electron chi connectivity index (χ4n) is 14.2. The topological polar surface area (TPSA) is 9.86 Å². The first-order chi connectivity index (χ1) is 43.7. The first-order valence-corrected chi connectivity index (χ1v) is 30.4. The molecule has 0 fully saturated rings. The van der Waals surface area contributed by atoms with Gasteiger partial charge in [-0.2, -0.15) is 0 Å². The van der Waals surface area contributed by atoms with Crippen LogP contribution < -0.4 is 0 Å². The molecule has 0 unspecified atom stereocenters. The van der Waals surface area contributed by atoms with Gasteiger partial charge in [0.25, 0.3) is 0 Å². The zero-order valence-electron chi connectivity index (χ0n) is 48.2. The molecule has 0 radical (unpaired) electrons. The van der Waals surface area contributed by atoms with Gasteiger partial charge in [0, 0.05) is 32.9 Å². The maximum Gasteiger partial charge on any atom is 0.0541 e. The molecule has 0 saturated carbocycles. The Balaban J connectivity index is 1.12. The van der Waals surface area contributed by atoms with Gasteiger partial charge in [-0.05, 0) is 183 Å². The van der Waals surface area contributed by atoms with Crippen molar-refractivity contribution in [3.8, 4) is 100 Å². The molecule has 0 N–H and O–H groups in total. The lowest BCUT2D eigenvalue weighted by Gasteiger charge is -2.26. The molecular weight excluding hydrogens is 1060 g/mol. The Kier molecular flexibility index (Phi) is 12.3. The van der Waals surface area contributed by atoms with Crippen molar-refractivity contribution < 1.29 is 0 Å². The molecule has 0 spiro atoms. The van der Waals surface area contributed by atoms with E-state index in [-0.39, 0.29) is 0 Å². The highest BCUT2D eigenvalue weighted by Crippen LogP contribution is 2.55. The number of fused-ring (bicyclic) bond motifs is 8. The van der Waals surface area contributed by atoms with Crippen LogP contribution in [0.15, 0.2) is 340 Å². The van der Waals surface area contributed by atoms with Gasteiger partial charge >= 0.3 is 0 Å². The van der Waals surface area contributed by atoms with Crippen molar-refractivity contribution in [2.75, 3.05) is 0 Å². The van der Waals surface area contributed by atoms with E-state index in [4.69, 9.17) is 0 Å². The lowest BCUT2D eigenvalue weighted by atomic mass is 9.77. The molecule has 2 heteroatoms. The van der Waals surface area contributed by atoms with E-state index in [1.54, 1.807) is 0 Å². The van der Waals surface area contributed by atoms with Gasteiger partial charge in [0.1, 0.15) is 0 Å². The second-order valence-corrected chi connectivity index (χ2v) is 23.0. The second kappa shape index (κ2) is 21.2. The van der Waals surface area contributed by atoms with Gasteiger partial charge in [-0.3, -0.25) is 0 Å². The highest BCUT2D eigenvalue weighted by atomic mass is 15.0. The van der Waals surface area contributed by atoms with Crippen LogP contribution in [-0.2, 0) is 0 Å². The SMILES string of the molecule is c1ccc(-c2cc(-c3ccccc3)c(-c3c4ccc(-n5c6ccccc6c6ccccc65)cc4c(-c4c(-c5ccccc5)cc(-c5ccccc5)cc4-c4ccccc4)c4ccc(-n5c6ccccc6c6ccccc65)cc34)c(-c3ccccc3)c2)cc1. The van der Waals surface area contributed by atoms with Gasteiger partial charge in [0.05, 0.1) is 22.1 Å². The average Bonchev–Trinajstić information content (AvgIpc) is 1.05. The van der Waals surface area contributed by atoms with Gasteiger partial charge in [-0.1, -0.05) is 267 Å². The van der Waals surface area contributed by atoms with Crippen LogP contribution >= 0.6 is 0 Å². The molecule has 2 nitrogen and oxygen atoms in total. The predicted molar refractivity (Wildman–Crippen MR) is 374 cm³/mol. The summed E-state index contributed by atoms with van der Waals surface area (Å²) in [4.78, 5) is 0. The van der Waals surface area contributed by atoms with Crippen molar-refractivity contribution in [2.45, 2.75) is 0 Å². The molecule has 2 aromatic heterocycles. The maximum atomic E-state index is 2.52. The van der Waals surface area contributed by atoms with Crippen molar-refractivity contribution in [2.24, 2.45) is 0 Å². The standard InChI is InChI=1S/C86H56N2/c1-7-27-57(28-8-1)63-51-73(59-31-11-3-12-32-59)85(74(52-63)60-33-13-4-14-34-60)83-71-49-47-66(88-81-45-25-21-41-69(81)70-42-22-26-46-82(70)88)56-78(71)84(72-50-48-65(55-77(72)83)87-79-43-23-19-39-67(79)68-40-20-24-44-80(68)87)86-75(61-35-15-5-16-36-61)53-64(58-29-9-2-10-30-58)54-76(86)62-37-17-6-18-38-62/h1-56H. The average molecular weight is 1120 g/mol. The minimum absolute atomic E-state index is 1.09. The minimum atomic E-state index is 1.09. The van der Waals surface area contributed by atoms with E-state index in [0.29, 0.717) is 0 Å². The number of rotatable bonds is 10. The molecule has 0 bridgehead atoms. The van der Waals surface area contributed by atoms with Crippen LogP contribution in [-0.4, -0.2) is 9.13 Å². The van der Waals surface area contributed by atoms with Crippen molar-refractivity contribution in [3.05, 3.63) is 340 Å². The summed E-state index contributed by atoms with van der Waals surface area (Å²) >= 11 is 0. The zero-order chi connectivity index (χ0) is 58.1. The molecule has 2 heterocycles. The van der Waals surface area contributed by atoms with Crippen molar-refractivity contribution >= 4 is 65.2 Å². The summed E-state index contributed by atoms with van der Waals surface area (Å²) in [5.74, 6) is 0. The molecule has 88 heavy (non-hydrogen) atoms. The summed E-state index contributed by atoms with van der Waals surface area (Å²) in [6, 6.07) is 126. The summed E-state index contributed by atoms with van der Waals surface area (Å²) in [6.45, 7) is 0. The van der Waals surface area contributed by atoms with Crippen LogP contribution in [0.2, 0.25) is 0 Å². The molecular formula is C86H56N2. The zero-order valence-corrected chi connectivity index (χ0v) is 48.2. The summed E-state index contributed by atoms with van der Waals surface area (Å²) in [6.07, 6.45) is 0. The van der Waals surface area contributed by atoms with Gasteiger partial charge in [0.2, 0.25) is 0 Å². The van der Waals surface area contributed by atoms with Gasteiger partial charge < -0.3 is 9.13 Å². The lowest BCUT2D eigenvalue weighted by Crippen LogP contribution is -2.01. The predicted octanol–water partition coefficient (Wildman–Crippen LogP) is 23.5. The highest BCUT2D eigenvalue weighted by molar-refractivity contribution is 6.27. The fraction of sp³-hybridized carbons (Fsp3) is 0. The fourth-order valence-corrected chi connectivity index (χ4v) is 14.2. The molecule has 0 amide bonds. The van der Waals surface area contributed by atoms with Crippen molar-refractivity contribution in [3.63, 3.8) is 0 Å². The Morgan fingerprint density at radius 2 is 0.386 bits per heavy atom. The number of hydrogen-bond acceptors (Lipinski definition) is 0. The van der Waals surface area contributed by atoms with Crippen LogP contribution in [0.25, 0.3) is 166 Å². The van der Waals surface area contributed by atoms with Gasteiger partial charge in [-0.15, -0.1) is 0 Å². The van der Waals surface area contributed by atoms with E-state index in [1.807, 2.05) is 0 Å². The molecule has 0 aliphatic rings. The summed E-state index contributed by atoms with van der Waals surface area (Å²) < 4.78 is 4.97. The summed E-state index contributed by atoms with van der Waals surface area (Å²) in [5.41, 5.74) is 25.4. The Morgan fingerprint density at radius 1 is 0.148 bits per heavy atom. The van der Waals surface area contributed by atoms with E-state index >= 15 is 0 Å². The first-order valence-electron chi connectivity index (χ1n) is 30.4. The van der Waals surface area contributed by atoms with Crippen LogP contribution in [0, 0.1) is 0 Å². The quantitative estimate of drug-likeness (QED) is 0.121. The number of nitrogens with zero attached hydrogens (tertiary/aromatic N) is 2. The molecule has 0 atom stereocenters. The maximum absolute atomic E-state index is 2.52. The second-order valence-electron chi connectivity index (χ2n) is 23.0. The summed E-state index contributed by atoms with van der Waals surface area (Å²) in [7, 11) is 0. The highest BCUT2D eigenvalue weighted by Gasteiger charge is 2.28. The smallest absolute Gasteiger partial charge is 0.0541 e. The molecule has 17 rings (SSSR count). The van der Waals surface area contributed by atoms with E-state index in [9.17, 15) is 0 Å². The first kappa shape index (κ1) is 50.9. The largest absolute Gasteiger partial charge is 0.309 e. The monoisotopic (exact) mass is 1120 g/mol. The van der Waals surface area contributed by atoms with Crippen molar-refractivity contribution in [1.82, 2.24) is 9.13 Å². The van der Waals surface area contributed by atoms with Gasteiger partial charge in [0.15, 0.2) is 0 Å². The number of benzene rings is 15.